The number of aromatic nitrogens is 4. The highest BCUT2D eigenvalue weighted by Gasteiger charge is 2.38. The Morgan fingerprint density at radius 3 is 2.60 bits per heavy atom. The van der Waals surface area contributed by atoms with Gasteiger partial charge >= 0.3 is 5.97 Å². The van der Waals surface area contributed by atoms with E-state index in [1.54, 1.807) is 16.0 Å². The van der Waals surface area contributed by atoms with Crippen LogP contribution < -0.4 is 5.56 Å². The minimum atomic E-state index is -0.348. The van der Waals surface area contributed by atoms with Gasteiger partial charge in [0.1, 0.15) is 0 Å². The van der Waals surface area contributed by atoms with E-state index < -0.39 is 0 Å². The molecule has 2 aromatic carbocycles. The summed E-state index contributed by atoms with van der Waals surface area (Å²) in [4.78, 5) is 31.3. The second kappa shape index (κ2) is 9.34. The first-order chi connectivity index (χ1) is 16.9. The summed E-state index contributed by atoms with van der Waals surface area (Å²) in [5, 5.41) is 5.20. The zero-order valence-electron chi connectivity index (χ0n) is 20.2. The number of esters is 1. The second-order valence-corrected chi connectivity index (χ2v) is 9.99. The summed E-state index contributed by atoms with van der Waals surface area (Å²) in [5.74, 6) is 0.205. The van der Waals surface area contributed by atoms with Gasteiger partial charge in [0.05, 0.1) is 30.2 Å². The van der Waals surface area contributed by atoms with Crippen molar-refractivity contribution in [1.82, 2.24) is 19.2 Å². The van der Waals surface area contributed by atoms with Crippen molar-refractivity contribution in [1.29, 1.82) is 0 Å². The molecular weight excluding hydrogens is 460 g/mol. The predicted molar refractivity (Wildman–Crippen MR) is 137 cm³/mol. The molecule has 2 heterocycles. The lowest BCUT2D eigenvalue weighted by molar-refractivity contribution is -0.139. The van der Waals surface area contributed by atoms with Crippen molar-refractivity contribution >= 4 is 23.5 Å². The Morgan fingerprint density at radius 1 is 1.11 bits per heavy atom. The minimum Gasteiger partial charge on any atom is -0.465 e. The van der Waals surface area contributed by atoms with Crippen molar-refractivity contribution in [3.05, 3.63) is 81.6 Å². The molecule has 0 saturated carbocycles. The molecule has 0 fully saturated rings. The van der Waals surface area contributed by atoms with Crippen LogP contribution in [0.25, 0.3) is 17.0 Å². The normalized spacial score (nSPS) is 16.7. The molecule has 1 aliphatic rings. The number of hydrogen-bond donors (Lipinski definition) is 0. The highest BCUT2D eigenvalue weighted by Crippen LogP contribution is 2.42. The lowest BCUT2D eigenvalue weighted by Crippen LogP contribution is -2.38. The van der Waals surface area contributed by atoms with Gasteiger partial charge in [0.2, 0.25) is 5.78 Å². The molecule has 2 aromatic heterocycles. The van der Waals surface area contributed by atoms with Crippen molar-refractivity contribution in [2.75, 3.05) is 12.4 Å². The fourth-order valence-electron chi connectivity index (χ4n) is 4.78. The number of ether oxygens (including phenoxy) is 1. The number of thioether (sulfide) groups is 1. The lowest BCUT2D eigenvalue weighted by atomic mass is 9.69. The van der Waals surface area contributed by atoms with E-state index in [9.17, 15) is 9.59 Å². The molecule has 7 nitrogen and oxygen atoms in total. The smallest absolute Gasteiger partial charge is 0.316 e. The van der Waals surface area contributed by atoms with Gasteiger partial charge in [0.15, 0.2) is 5.16 Å². The maximum Gasteiger partial charge on any atom is 0.316 e. The Bertz CT molecular complexity index is 1460. The molecule has 4 aromatic rings. The molecule has 0 saturated heterocycles. The third kappa shape index (κ3) is 4.16. The molecule has 35 heavy (non-hydrogen) atoms. The zero-order chi connectivity index (χ0) is 24.6. The Hall–Kier alpha value is -3.39. The highest BCUT2D eigenvalue weighted by molar-refractivity contribution is 7.99. The third-order valence-electron chi connectivity index (χ3n) is 6.73. The van der Waals surface area contributed by atoms with E-state index in [1.807, 2.05) is 48.5 Å². The molecule has 0 radical (unpaired) electrons. The van der Waals surface area contributed by atoms with E-state index >= 15 is 0 Å². The summed E-state index contributed by atoms with van der Waals surface area (Å²) in [6.45, 7) is 6.79. The molecule has 1 aliphatic carbocycles. The van der Waals surface area contributed by atoms with Crippen LogP contribution >= 0.6 is 11.8 Å². The number of fused-ring (bicyclic) bond motifs is 4. The Labute approximate surface area is 208 Å². The molecule has 1 atom stereocenters. The number of hydrogen-bond acceptors (Lipinski definition) is 6. The average molecular weight is 489 g/mol. The van der Waals surface area contributed by atoms with E-state index in [1.165, 1.54) is 17.3 Å². The maximum absolute atomic E-state index is 14.2. The summed E-state index contributed by atoms with van der Waals surface area (Å²) in [6, 6.07) is 18.1. The predicted octanol–water partition coefficient (Wildman–Crippen LogP) is 4.49. The number of rotatable bonds is 7. The van der Waals surface area contributed by atoms with Gasteiger partial charge in [-0.05, 0) is 30.9 Å². The van der Waals surface area contributed by atoms with E-state index in [0.717, 1.165) is 29.7 Å². The fourth-order valence-corrected chi connectivity index (χ4v) is 5.57. The van der Waals surface area contributed by atoms with Gasteiger partial charge in [-0.3, -0.25) is 9.59 Å². The number of carbonyl (C=O) groups is 1. The Morgan fingerprint density at radius 2 is 1.86 bits per heavy atom. The summed E-state index contributed by atoms with van der Waals surface area (Å²) in [5.41, 5.74) is 4.23. The van der Waals surface area contributed by atoms with Crippen LogP contribution in [-0.2, 0) is 27.9 Å². The molecule has 0 bridgehead atoms. The molecule has 0 unspecified atom stereocenters. The third-order valence-corrected chi connectivity index (χ3v) is 7.63. The number of benzene rings is 2. The van der Waals surface area contributed by atoms with Crippen molar-refractivity contribution in [2.45, 2.75) is 50.7 Å². The highest BCUT2D eigenvalue weighted by atomic mass is 32.2. The zero-order valence-corrected chi connectivity index (χ0v) is 21.0. The molecule has 0 aliphatic heterocycles. The van der Waals surface area contributed by atoms with Crippen LogP contribution in [-0.4, -0.2) is 37.5 Å². The van der Waals surface area contributed by atoms with Gasteiger partial charge in [-0.2, -0.15) is 0 Å². The van der Waals surface area contributed by atoms with Crippen LogP contribution in [0, 0.1) is 0 Å². The van der Waals surface area contributed by atoms with Crippen molar-refractivity contribution in [3.63, 3.8) is 0 Å². The molecule has 8 heteroatoms. The lowest BCUT2D eigenvalue weighted by Gasteiger charge is -2.35. The molecule has 0 amide bonds. The standard InChI is InChI=1S/C27H28N4O3S/c1-4-27(3)15-19-13-9-10-14-20(19)23-22(27)24(33)31-25(28-23)30(16-18-11-7-6-8-12-18)29-26(31)35-17-21(32)34-5-2/h6-14H,4-5,15-17H2,1-3H3/t27-/m0/s1. The van der Waals surface area contributed by atoms with Crippen LogP contribution in [0.3, 0.4) is 0 Å². The van der Waals surface area contributed by atoms with Crippen LogP contribution in [0.15, 0.2) is 64.5 Å². The van der Waals surface area contributed by atoms with Gasteiger partial charge < -0.3 is 4.74 Å². The van der Waals surface area contributed by atoms with Crippen LogP contribution in [0.5, 0.6) is 0 Å². The summed E-state index contributed by atoms with van der Waals surface area (Å²) in [6.07, 6.45) is 1.58. The van der Waals surface area contributed by atoms with E-state index in [2.05, 4.69) is 19.9 Å². The fraction of sp³-hybridized carbons (Fsp3) is 0.333. The second-order valence-electron chi connectivity index (χ2n) is 9.04. The summed E-state index contributed by atoms with van der Waals surface area (Å²) in [7, 11) is 0. The first kappa shape index (κ1) is 23.4. The van der Waals surface area contributed by atoms with Gasteiger partial charge in [0.25, 0.3) is 5.56 Å². The monoisotopic (exact) mass is 488 g/mol. The summed E-state index contributed by atoms with van der Waals surface area (Å²) >= 11 is 1.20. The number of carbonyl (C=O) groups excluding carboxylic acids is 1. The van der Waals surface area contributed by atoms with Crippen molar-refractivity contribution in [3.8, 4) is 11.3 Å². The molecule has 5 rings (SSSR count). The maximum atomic E-state index is 14.2. The van der Waals surface area contributed by atoms with Crippen molar-refractivity contribution in [2.24, 2.45) is 0 Å². The molecular formula is C27H28N4O3S. The molecule has 180 valence electrons. The quantitative estimate of drug-likeness (QED) is 0.282. The van der Waals surface area contributed by atoms with Gasteiger partial charge in [-0.1, -0.05) is 80.2 Å². The van der Waals surface area contributed by atoms with E-state index in [4.69, 9.17) is 14.8 Å². The number of nitrogens with zero attached hydrogens (tertiary/aromatic N) is 4. The van der Waals surface area contributed by atoms with E-state index in [0.29, 0.717) is 29.6 Å². The van der Waals surface area contributed by atoms with Gasteiger partial charge in [0, 0.05) is 11.0 Å². The first-order valence-electron chi connectivity index (χ1n) is 11.9. The van der Waals surface area contributed by atoms with E-state index in [-0.39, 0.29) is 22.7 Å². The molecule has 0 N–H and O–H groups in total. The summed E-state index contributed by atoms with van der Waals surface area (Å²) < 4.78 is 8.42. The van der Waals surface area contributed by atoms with Crippen LogP contribution in [0.2, 0.25) is 0 Å². The van der Waals surface area contributed by atoms with Gasteiger partial charge in [-0.15, -0.1) is 5.10 Å². The van der Waals surface area contributed by atoms with Crippen LogP contribution in [0.1, 0.15) is 43.9 Å². The minimum absolute atomic E-state index is 0.0721. The topological polar surface area (TPSA) is 78.5 Å². The first-order valence-corrected chi connectivity index (χ1v) is 12.9. The van der Waals surface area contributed by atoms with Gasteiger partial charge in [-0.25, -0.2) is 14.1 Å². The van der Waals surface area contributed by atoms with Crippen molar-refractivity contribution < 1.29 is 9.53 Å². The Kier molecular flexibility index (Phi) is 6.23. The van der Waals surface area contributed by atoms with Crippen LogP contribution in [0.4, 0.5) is 0 Å². The SMILES string of the molecule is CCOC(=O)CSc1nn(Cc2ccccc2)c2nc3c(c(=O)n12)[C@@](C)(CC)Cc1ccccc1-3. The Balaban J connectivity index is 1.74. The average Bonchev–Trinajstić information content (AvgIpc) is 3.21. The molecule has 0 spiro atoms. The largest absolute Gasteiger partial charge is 0.465 e.